The van der Waals surface area contributed by atoms with Crippen molar-refractivity contribution in [3.63, 3.8) is 0 Å². The van der Waals surface area contributed by atoms with E-state index >= 15 is 8.78 Å². The Kier molecular flexibility index (Phi) is 10.0. The normalized spacial score (nSPS) is 23.2. The summed E-state index contributed by atoms with van der Waals surface area (Å²) in [4.78, 5) is 0. The molecule has 0 radical (unpaired) electrons. The molecule has 2 fully saturated rings. The van der Waals surface area contributed by atoms with Crippen LogP contribution in [0.3, 0.4) is 0 Å². The number of alkyl halides is 2. The van der Waals surface area contributed by atoms with Gasteiger partial charge >= 0.3 is 6.11 Å². The summed E-state index contributed by atoms with van der Waals surface area (Å²) >= 11 is 0. The zero-order chi connectivity index (χ0) is 29.7. The number of benzene rings is 3. The number of hydrogen-bond acceptors (Lipinski definition) is 1. The summed E-state index contributed by atoms with van der Waals surface area (Å²) in [5.74, 6) is -1.41. The second-order valence-electron chi connectivity index (χ2n) is 12.3. The van der Waals surface area contributed by atoms with Gasteiger partial charge in [-0.05, 0) is 128 Å². The molecule has 0 aromatic heterocycles. The molecular weight excluding hydrogens is 543 g/mol. The maximum atomic E-state index is 15.1. The predicted molar refractivity (Wildman–Crippen MR) is 157 cm³/mol. The van der Waals surface area contributed by atoms with Crippen LogP contribution in [0.4, 0.5) is 22.0 Å². The van der Waals surface area contributed by atoms with Gasteiger partial charge in [-0.25, -0.2) is 13.2 Å². The van der Waals surface area contributed by atoms with Gasteiger partial charge in [0.15, 0.2) is 11.6 Å². The molecule has 2 aliphatic rings. The van der Waals surface area contributed by atoms with Crippen molar-refractivity contribution in [2.45, 2.75) is 102 Å². The lowest BCUT2D eigenvalue weighted by Gasteiger charge is -2.38. The first-order valence-corrected chi connectivity index (χ1v) is 15.6. The van der Waals surface area contributed by atoms with E-state index in [9.17, 15) is 13.2 Å². The van der Waals surface area contributed by atoms with E-state index in [1.807, 2.05) is 24.3 Å². The molecule has 0 spiro atoms. The van der Waals surface area contributed by atoms with Crippen molar-refractivity contribution in [2.75, 3.05) is 0 Å². The van der Waals surface area contributed by atoms with Crippen LogP contribution in [-0.2, 0) is 17.3 Å². The van der Waals surface area contributed by atoms with Crippen LogP contribution >= 0.6 is 0 Å². The summed E-state index contributed by atoms with van der Waals surface area (Å²) in [5.41, 5.74) is 2.70. The van der Waals surface area contributed by atoms with Gasteiger partial charge in [0.1, 0.15) is 5.82 Å². The van der Waals surface area contributed by atoms with Gasteiger partial charge in [0.25, 0.3) is 0 Å². The monoisotopic (exact) mass is 584 g/mol. The minimum absolute atomic E-state index is 0.228. The van der Waals surface area contributed by atoms with Crippen LogP contribution in [0, 0.1) is 29.3 Å². The molecule has 1 nitrogen and oxygen atoms in total. The summed E-state index contributed by atoms with van der Waals surface area (Å²) in [6.07, 6.45) is 6.61. The smallest absolute Gasteiger partial charge is 0.313 e. The molecule has 2 saturated carbocycles. The fourth-order valence-corrected chi connectivity index (χ4v) is 7.01. The lowest BCUT2D eigenvalue weighted by molar-refractivity contribution is -0.279. The van der Waals surface area contributed by atoms with Gasteiger partial charge in [-0.15, -0.1) is 0 Å². The Bertz CT molecular complexity index is 1300. The van der Waals surface area contributed by atoms with Crippen LogP contribution in [0.15, 0.2) is 60.7 Å². The summed E-state index contributed by atoms with van der Waals surface area (Å²) in [7, 11) is 0. The highest BCUT2D eigenvalue weighted by Gasteiger charge is 2.41. The van der Waals surface area contributed by atoms with Crippen molar-refractivity contribution in [3.8, 4) is 11.1 Å². The summed E-state index contributed by atoms with van der Waals surface area (Å²) in [5, 5.41) is 0. The maximum Gasteiger partial charge on any atom is 0.386 e. The zero-order valence-corrected chi connectivity index (χ0v) is 24.4. The summed E-state index contributed by atoms with van der Waals surface area (Å²) < 4.78 is 77.4. The van der Waals surface area contributed by atoms with E-state index in [2.05, 4.69) is 6.92 Å². The second-order valence-corrected chi connectivity index (χ2v) is 12.3. The number of aryl methyl sites for hydroxylation is 1. The average molecular weight is 585 g/mol. The van der Waals surface area contributed by atoms with Crippen molar-refractivity contribution in [1.29, 1.82) is 0 Å². The SMILES string of the molecule is CCCCCc1ccc(-c2ccc(C(F)(F)OC3CCC(C4CCC(c5ccc(F)c(F)c5)CC4)CC3)c(F)c2)cc1. The molecule has 0 atom stereocenters. The molecule has 0 unspecified atom stereocenters. The maximum absolute atomic E-state index is 15.1. The van der Waals surface area contributed by atoms with E-state index in [1.54, 1.807) is 6.07 Å². The third-order valence-corrected chi connectivity index (χ3v) is 9.53. The fraction of sp³-hybridized carbons (Fsp3) is 0.500. The third kappa shape index (κ3) is 7.42. The molecule has 6 heteroatoms. The lowest BCUT2D eigenvalue weighted by Crippen LogP contribution is -2.32. The Labute approximate surface area is 246 Å². The van der Waals surface area contributed by atoms with Gasteiger partial charge in [-0.3, -0.25) is 0 Å². The molecular formula is C36H41F5O. The fourth-order valence-electron chi connectivity index (χ4n) is 7.01. The van der Waals surface area contributed by atoms with Crippen LogP contribution in [0.1, 0.15) is 100 Å². The van der Waals surface area contributed by atoms with Crippen LogP contribution in [0.5, 0.6) is 0 Å². The number of unbranched alkanes of at least 4 members (excludes halogenated alkanes) is 2. The van der Waals surface area contributed by atoms with Gasteiger partial charge in [-0.2, -0.15) is 8.78 Å². The van der Waals surface area contributed by atoms with Crippen LogP contribution < -0.4 is 0 Å². The molecule has 226 valence electrons. The second kappa shape index (κ2) is 13.7. The summed E-state index contributed by atoms with van der Waals surface area (Å²) in [6, 6.07) is 15.9. The van der Waals surface area contributed by atoms with Crippen LogP contribution in [-0.4, -0.2) is 6.10 Å². The molecule has 0 saturated heterocycles. The van der Waals surface area contributed by atoms with E-state index in [1.165, 1.54) is 36.2 Å². The molecule has 2 aliphatic carbocycles. The largest absolute Gasteiger partial charge is 0.386 e. The number of hydrogen-bond donors (Lipinski definition) is 0. The highest BCUT2D eigenvalue weighted by Crippen LogP contribution is 2.45. The molecule has 0 aliphatic heterocycles. The molecule has 0 N–H and O–H groups in total. The Morgan fingerprint density at radius 3 is 1.93 bits per heavy atom. The standard InChI is InChI=1S/C36H41F5O/c1-2-3-4-5-24-6-8-27(9-7-24)29-16-20-32(34(38)22-29)36(40,41)42-31-18-14-26(15-19-31)25-10-12-28(13-11-25)30-17-21-33(37)35(39)23-30/h6-9,16-17,20-23,25-26,28,31H,2-5,10-15,18-19H2,1H3. The minimum atomic E-state index is -3.70. The molecule has 3 aromatic carbocycles. The lowest BCUT2D eigenvalue weighted by atomic mass is 9.69. The first kappa shape index (κ1) is 30.7. The number of halogens is 5. The number of ether oxygens (including phenoxy) is 1. The molecule has 42 heavy (non-hydrogen) atoms. The molecule has 5 rings (SSSR count). The Morgan fingerprint density at radius 1 is 0.667 bits per heavy atom. The first-order chi connectivity index (χ1) is 20.2. The minimum Gasteiger partial charge on any atom is -0.313 e. The van der Waals surface area contributed by atoms with Crippen LogP contribution in [0.25, 0.3) is 11.1 Å². The van der Waals surface area contributed by atoms with Crippen molar-refractivity contribution >= 4 is 0 Å². The van der Waals surface area contributed by atoms with Crippen molar-refractivity contribution in [2.24, 2.45) is 11.8 Å². The first-order valence-electron chi connectivity index (χ1n) is 15.6. The van der Waals surface area contributed by atoms with Gasteiger partial charge in [0, 0.05) is 0 Å². The highest BCUT2D eigenvalue weighted by molar-refractivity contribution is 5.64. The molecule has 0 heterocycles. The van der Waals surface area contributed by atoms with Crippen molar-refractivity contribution < 1.29 is 26.7 Å². The number of rotatable bonds is 10. The zero-order valence-electron chi connectivity index (χ0n) is 24.4. The van der Waals surface area contributed by atoms with E-state index in [-0.39, 0.29) is 5.92 Å². The van der Waals surface area contributed by atoms with Gasteiger partial charge < -0.3 is 4.74 Å². The van der Waals surface area contributed by atoms with Gasteiger partial charge in [0.05, 0.1) is 11.7 Å². The third-order valence-electron chi connectivity index (χ3n) is 9.53. The van der Waals surface area contributed by atoms with E-state index in [0.717, 1.165) is 75.0 Å². The van der Waals surface area contributed by atoms with Gasteiger partial charge in [-0.1, -0.05) is 56.2 Å². The van der Waals surface area contributed by atoms with Crippen molar-refractivity contribution in [3.05, 3.63) is 94.8 Å². The molecule has 3 aromatic rings. The van der Waals surface area contributed by atoms with E-state index < -0.39 is 35.2 Å². The Morgan fingerprint density at radius 2 is 1.31 bits per heavy atom. The topological polar surface area (TPSA) is 9.23 Å². The van der Waals surface area contributed by atoms with E-state index in [4.69, 9.17) is 4.74 Å². The highest BCUT2D eigenvalue weighted by atomic mass is 19.3. The quantitative estimate of drug-likeness (QED) is 0.170. The molecule has 0 amide bonds. The predicted octanol–water partition coefficient (Wildman–Crippen LogP) is 11.1. The van der Waals surface area contributed by atoms with Gasteiger partial charge in [0.2, 0.25) is 0 Å². The van der Waals surface area contributed by atoms with Crippen LogP contribution in [0.2, 0.25) is 0 Å². The Balaban J connectivity index is 1.11. The van der Waals surface area contributed by atoms with Crippen molar-refractivity contribution in [1.82, 2.24) is 0 Å². The Hall–Kier alpha value is -2.73. The molecule has 0 bridgehead atoms. The van der Waals surface area contributed by atoms with E-state index in [0.29, 0.717) is 30.2 Å². The summed E-state index contributed by atoms with van der Waals surface area (Å²) in [6.45, 7) is 2.17. The average Bonchev–Trinajstić information content (AvgIpc) is 2.99.